The first-order valence-electron chi connectivity index (χ1n) is 15.4. The molecule has 3 aromatic carbocycles. The second-order valence-electron chi connectivity index (χ2n) is 14.5. The highest BCUT2D eigenvalue weighted by atomic mass is 28.2. The van der Waals surface area contributed by atoms with Gasteiger partial charge in [0.1, 0.15) is 5.75 Å². The van der Waals surface area contributed by atoms with Crippen LogP contribution in [-0.2, 0) is 0 Å². The lowest BCUT2D eigenvalue weighted by Gasteiger charge is -2.31. The van der Waals surface area contributed by atoms with Crippen molar-refractivity contribution in [2.45, 2.75) is 81.1 Å². The SMILES string of the molecule is CC(CCC(COc1ccc([SiH2]C(=Cc2ccccc2)c2ccccc2)cc1)C(C)CC(C)(C)C)CC(C)(C)C. The van der Waals surface area contributed by atoms with E-state index in [1.807, 2.05) is 0 Å². The molecule has 0 saturated heterocycles. The van der Waals surface area contributed by atoms with Crippen LogP contribution in [0.25, 0.3) is 11.3 Å². The van der Waals surface area contributed by atoms with Crippen LogP contribution in [0.15, 0.2) is 84.9 Å². The van der Waals surface area contributed by atoms with Gasteiger partial charge in [0, 0.05) is 0 Å². The van der Waals surface area contributed by atoms with Gasteiger partial charge in [-0.2, -0.15) is 0 Å². The fourth-order valence-corrected chi connectivity index (χ4v) is 7.77. The first kappa shape index (κ1) is 31.9. The Balaban J connectivity index is 1.67. The van der Waals surface area contributed by atoms with Gasteiger partial charge in [0.15, 0.2) is 0 Å². The third kappa shape index (κ3) is 11.9. The number of hydrogen-bond acceptors (Lipinski definition) is 1. The molecular formula is C38H54OSi. The molecule has 3 unspecified atom stereocenters. The smallest absolute Gasteiger partial charge is 0.119 e. The molecule has 0 radical (unpaired) electrons. The summed E-state index contributed by atoms with van der Waals surface area (Å²) in [7, 11) is -0.644. The van der Waals surface area contributed by atoms with Crippen LogP contribution in [0.4, 0.5) is 0 Å². The van der Waals surface area contributed by atoms with Gasteiger partial charge in [-0.1, -0.05) is 151 Å². The van der Waals surface area contributed by atoms with Crippen LogP contribution >= 0.6 is 0 Å². The van der Waals surface area contributed by atoms with E-state index >= 15 is 0 Å². The predicted octanol–water partition coefficient (Wildman–Crippen LogP) is 9.60. The molecule has 216 valence electrons. The standard InChI is InChI=1S/C38H54OSi/c1-29(26-37(3,4)5)19-20-33(30(2)27-38(6,7)8)28-39-34-21-23-35(24-22-34)40-36(32-17-13-10-14-18-32)25-31-15-11-9-12-16-31/h9-18,21-25,29-30,33H,19-20,26-28,40H2,1-8H3. The summed E-state index contributed by atoms with van der Waals surface area (Å²) in [6.45, 7) is 19.8. The van der Waals surface area contributed by atoms with Crippen LogP contribution < -0.4 is 9.92 Å². The third-order valence-electron chi connectivity index (χ3n) is 7.80. The summed E-state index contributed by atoms with van der Waals surface area (Å²) in [5.41, 5.74) is 3.32. The molecule has 0 bridgehead atoms. The molecule has 0 saturated carbocycles. The maximum atomic E-state index is 6.48. The van der Waals surface area contributed by atoms with E-state index in [1.54, 1.807) is 0 Å². The fraction of sp³-hybridized carbons (Fsp3) is 0.474. The normalized spacial score (nSPS) is 15.2. The van der Waals surface area contributed by atoms with Gasteiger partial charge in [-0.15, -0.1) is 0 Å². The minimum Gasteiger partial charge on any atom is -0.493 e. The average Bonchev–Trinajstić information content (AvgIpc) is 2.88. The molecule has 0 spiro atoms. The van der Waals surface area contributed by atoms with E-state index in [0.717, 1.165) is 18.3 Å². The zero-order valence-electron chi connectivity index (χ0n) is 26.5. The van der Waals surface area contributed by atoms with Crippen molar-refractivity contribution >= 4 is 26.0 Å². The third-order valence-corrected chi connectivity index (χ3v) is 9.67. The molecule has 3 atom stereocenters. The average molecular weight is 555 g/mol. The molecule has 2 heteroatoms. The second-order valence-corrected chi connectivity index (χ2v) is 16.5. The summed E-state index contributed by atoms with van der Waals surface area (Å²) in [6, 6.07) is 30.5. The Kier molecular flexibility index (Phi) is 11.9. The van der Waals surface area contributed by atoms with Crippen molar-refractivity contribution in [1.82, 2.24) is 0 Å². The molecule has 0 aliphatic heterocycles. The Bertz CT molecular complexity index is 1150. The number of benzene rings is 3. The van der Waals surface area contributed by atoms with E-state index < -0.39 is 9.52 Å². The summed E-state index contributed by atoms with van der Waals surface area (Å²) in [5.74, 6) is 2.97. The van der Waals surface area contributed by atoms with Crippen LogP contribution in [0, 0.1) is 28.6 Å². The van der Waals surface area contributed by atoms with Crippen molar-refractivity contribution in [2.75, 3.05) is 6.61 Å². The number of hydrogen-bond donors (Lipinski definition) is 0. The van der Waals surface area contributed by atoms with Gasteiger partial charge in [-0.05, 0) is 71.1 Å². The van der Waals surface area contributed by atoms with Gasteiger partial charge in [0.25, 0.3) is 0 Å². The lowest BCUT2D eigenvalue weighted by Crippen LogP contribution is -2.25. The van der Waals surface area contributed by atoms with E-state index in [0.29, 0.717) is 22.7 Å². The monoisotopic (exact) mass is 554 g/mol. The van der Waals surface area contributed by atoms with Crippen molar-refractivity contribution in [3.63, 3.8) is 0 Å². The molecule has 3 rings (SSSR count). The maximum Gasteiger partial charge on any atom is 0.119 e. The van der Waals surface area contributed by atoms with Gasteiger partial charge in [0.2, 0.25) is 0 Å². The quantitative estimate of drug-likeness (QED) is 0.151. The van der Waals surface area contributed by atoms with E-state index in [9.17, 15) is 0 Å². The van der Waals surface area contributed by atoms with Crippen molar-refractivity contribution in [3.05, 3.63) is 96.1 Å². The van der Waals surface area contributed by atoms with Gasteiger partial charge in [-0.25, -0.2) is 0 Å². The Labute approximate surface area is 248 Å². The summed E-state index contributed by atoms with van der Waals surface area (Å²) in [4.78, 5) is 0. The van der Waals surface area contributed by atoms with Gasteiger partial charge >= 0.3 is 0 Å². The molecule has 0 aromatic heterocycles. The lowest BCUT2D eigenvalue weighted by atomic mass is 9.76. The highest BCUT2D eigenvalue weighted by Crippen LogP contribution is 2.34. The largest absolute Gasteiger partial charge is 0.493 e. The molecule has 3 aromatic rings. The fourth-order valence-electron chi connectivity index (χ4n) is 6.08. The predicted molar refractivity (Wildman–Crippen MR) is 180 cm³/mol. The van der Waals surface area contributed by atoms with Crippen molar-refractivity contribution in [1.29, 1.82) is 0 Å². The topological polar surface area (TPSA) is 9.23 Å². The Hall–Kier alpha value is -2.58. The first-order valence-corrected chi connectivity index (χ1v) is 16.8. The van der Waals surface area contributed by atoms with E-state index in [1.165, 1.54) is 47.2 Å². The van der Waals surface area contributed by atoms with Crippen LogP contribution in [0.3, 0.4) is 0 Å². The van der Waals surface area contributed by atoms with Crippen molar-refractivity contribution in [3.8, 4) is 5.75 Å². The minimum atomic E-state index is -0.644. The van der Waals surface area contributed by atoms with Crippen LogP contribution in [0.5, 0.6) is 5.75 Å². The highest BCUT2D eigenvalue weighted by Gasteiger charge is 2.25. The summed E-state index contributed by atoms with van der Waals surface area (Å²) in [5, 5.41) is 2.90. The molecule has 0 fully saturated rings. The Morgan fingerprint density at radius 3 is 1.88 bits per heavy atom. The molecule has 0 N–H and O–H groups in total. The highest BCUT2D eigenvalue weighted by molar-refractivity contribution is 6.74. The van der Waals surface area contributed by atoms with E-state index in [4.69, 9.17) is 4.74 Å². The van der Waals surface area contributed by atoms with Crippen LogP contribution in [0.2, 0.25) is 0 Å². The first-order chi connectivity index (χ1) is 18.9. The number of ether oxygens (including phenoxy) is 1. The summed E-state index contributed by atoms with van der Waals surface area (Å²) in [6.07, 6.45) is 7.40. The van der Waals surface area contributed by atoms with E-state index in [-0.39, 0.29) is 0 Å². The Morgan fingerprint density at radius 2 is 1.30 bits per heavy atom. The zero-order valence-corrected chi connectivity index (χ0v) is 28.0. The molecule has 1 nitrogen and oxygen atoms in total. The van der Waals surface area contributed by atoms with Crippen molar-refractivity contribution in [2.24, 2.45) is 28.6 Å². The zero-order chi connectivity index (χ0) is 29.2. The van der Waals surface area contributed by atoms with Gasteiger partial charge in [0.05, 0.1) is 16.1 Å². The van der Waals surface area contributed by atoms with E-state index in [2.05, 4.69) is 146 Å². The van der Waals surface area contributed by atoms with Crippen LogP contribution in [0.1, 0.15) is 92.2 Å². The molecular weight excluding hydrogens is 501 g/mol. The van der Waals surface area contributed by atoms with Crippen LogP contribution in [-0.4, -0.2) is 16.1 Å². The summed E-state index contributed by atoms with van der Waals surface area (Å²) < 4.78 is 6.48. The van der Waals surface area contributed by atoms with Gasteiger partial charge < -0.3 is 4.74 Å². The molecule has 40 heavy (non-hydrogen) atoms. The Morgan fingerprint density at radius 1 is 0.725 bits per heavy atom. The minimum absolute atomic E-state index is 0.338. The summed E-state index contributed by atoms with van der Waals surface area (Å²) >= 11 is 0. The second kappa shape index (κ2) is 14.9. The molecule has 0 aliphatic rings. The van der Waals surface area contributed by atoms with Crippen molar-refractivity contribution < 1.29 is 4.74 Å². The molecule has 0 amide bonds. The van der Waals surface area contributed by atoms with Gasteiger partial charge in [-0.3, -0.25) is 0 Å². The molecule has 0 aliphatic carbocycles. The molecule has 0 heterocycles. The lowest BCUT2D eigenvalue weighted by molar-refractivity contribution is 0.147. The maximum absolute atomic E-state index is 6.48. The number of rotatable bonds is 13.